The monoisotopic (exact) mass is 448 g/mol. The lowest BCUT2D eigenvalue weighted by atomic mass is 9.91. The number of benzene rings is 2. The van der Waals surface area contributed by atoms with Crippen LogP contribution in [0, 0.1) is 12.7 Å². The molecule has 2 N–H and O–H groups in total. The molecule has 0 unspecified atom stereocenters. The van der Waals surface area contributed by atoms with Crippen LogP contribution in [0.5, 0.6) is 0 Å². The topological polar surface area (TPSA) is 59.0 Å². The standard InChI is InChI=1S/C22H22ClFN4O.ClH/c1-14-5-6-16(23)11-20(14)27-22(29)19-13-26-28(18-4-2-3-17(24)12-18)21(19)15-7-9-25-10-8-15;/h2-6,11-13,15,25H,7-10H2,1H3,(H,27,29);1H. The summed E-state index contributed by atoms with van der Waals surface area (Å²) < 4.78 is 15.5. The smallest absolute Gasteiger partial charge is 0.259 e. The molecule has 0 aliphatic carbocycles. The maximum atomic E-state index is 13.8. The van der Waals surface area contributed by atoms with E-state index in [1.165, 1.54) is 12.1 Å². The second-order valence-corrected chi connectivity index (χ2v) is 7.71. The number of aromatic nitrogens is 2. The van der Waals surface area contributed by atoms with Crippen molar-refractivity contribution in [2.75, 3.05) is 18.4 Å². The van der Waals surface area contributed by atoms with E-state index in [2.05, 4.69) is 15.7 Å². The van der Waals surface area contributed by atoms with Crippen molar-refractivity contribution in [3.63, 3.8) is 0 Å². The summed E-state index contributed by atoms with van der Waals surface area (Å²) in [6.07, 6.45) is 3.34. The van der Waals surface area contributed by atoms with E-state index in [1.807, 2.05) is 13.0 Å². The predicted octanol–water partition coefficient (Wildman–Crippen LogP) is 5.11. The van der Waals surface area contributed by atoms with Gasteiger partial charge in [-0.05, 0) is 68.8 Å². The summed E-state index contributed by atoms with van der Waals surface area (Å²) in [6, 6.07) is 11.6. The molecule has 5 nitrogen and oxygen atoms in total. The Labute approximate surface area is 186 Å². The van der Waals surface area contributed by atoms with Crippen molar-refractivity contribution in [3.8, 4) is 5.69 Å². The molecule has 2 aromatic carbocycles. The number of nitrogens with one attached hydrogen (secondary N) is 2. The molecule has 3 aromatic rings. The van der Waals surface area contributed by atoms with Crippen molar-refractivity contribution in [2.24, 2.45) is 0 Å². The first-order valence-electron chi connectivity index (χ1n) is 9.65. The lowest BCUT2D eigenvalue weighted by Gasteiger charge is -2.24. The minimum absolute atomic E-state index is 0. The highest BCUT2D eigenvalue weighted by Gasteiger charge is 2.27. The van der Waals surface area contributed by atoms with Crippen LogP contribution in [0.1, 0.15) is 40.4 Å². The summed E-state index contributed by atoms with van der Waals surface area (Å²) in [7, 11) is 0. The molecular weight excluding hydrogens is 426 g/mol. The van der Waals surface area contributed by atoms with Crippen molar-refractivity contribution in [1.82, 2.24) is 15.1 Å². The molecule has 1 fully saturated rings. The highest BCUT2D eigenvalue weighted by atomic mass is 35.5. The summed E-state index contributed by atoms with van der Waals surface area (Å²) in [5.74, 6) is -0.426. The van der Waals surface area contributed by atoms with E-state index in [4.69, 9.17) is 11.6 Å². The molecule has 1 saturated heterocycles. The zero-order chi connectivity index (χ0) is 20.4. The zero-order valence-electron chi connectivity index (χ0n) is 16.5. The minimum Gasteiger partial charge on any atom is -0.322 e. The Bertz CT molecular complexity index is 1050. The summed E-state index contributed by atoms with van der Waals surface area (Å²) in [5.41, 5.74) is 3.51. The highest BCUT2D eigenvalue weighted by molar-refractivity contribution is 6.31. The molecule has 1 amide bonds. The lowest BCUT2D eigenvalue weighted by Crippen LogP contribution is -2.29. The van der Waals surface area contributed by atoms with Crippen molar-refractivity contribution in [2.45, 2.75) is 25.7 Å². The van der Waals surface area contributed by atoms with E-state index in [9.17, 15) is 9.18 Å². The Hall–Kier alpha value is -2.41. The molecule has 0 spiro atoms. The van der Waals surface area contributed by atoms with Crippen molar-refractivity contribution >= 4 is 35.6 Å². The van der Waals surface area contributed by atoms with Gasteiger partial charge in [-0.2, -0.15) is 5.10 Å². The summed E-state index contributed by atoms with van der Waals surface area (Å²) in [6.45, 7) is 3.65. The third-order valence-corrected chi connectivity index (χ3v) is 5.51. The van der Waals surface area contributed by atoms with Crippen molar-refractivity contribution in [1.29, 1.82) is 0 Å². The van der Waals surface area contributed by atoms with Crippen LogP contribution in [-0.2, 0) is 0 Å². The maximum Gasteiger partial charge on any atom is 0.259 e. The number of anilines is 1. The van der Waals surface area contributed by atoms with Gasteiger partial charge in [0.1, 0.15) is 5.82 Å². The first-order valence-corrected chi connectivity index (χ1v) is 10.0. The van der Waals surface area contributed by atoms with Gasteiger partial charge in [0, 0.05) is 16.6 Å². The van der Waals surface area contributed by atoms with Gasteiger partial charge >= 0.3 is 0 Å². The van der Waals surface area contributed by atoms with Gasteiger partial charge in [0.05, 0.1) is 23.1 Å². The van der Waals surface area contributed by atoms with Crippen LogP contribution < -0.4 is 10.6 Å². The normalized spacial score (nSPS) is 14.2. The summed E-state index contributed by atoms with van der Waals surface area (Å²) >= 11 is 6.09. The molecule has 0 radical (unpaired) electrons. The SMILES string of the molecule is Cc1ccc(Cl)cc1NC(=O)c1cnn(-c2cccc(F)c2)c1C1CCNCC1.Cl. The van der Waals surface area contributed by atoms with Crippen LogP contribution in [0.3, 0.4) is 0 Å². The molecular formula is C22H23Cl2FN4O. The maximum absolute atomic E-state index is 13.8. The minimum atomic E-state index is -0.338. The number of piperidine rings is 1. The molecule has 2 heterocycles. The fraction of sp³-hybridized carbons (Fsp3) is 0.273. The van der Waals surface area contributed by atoms with Crippen LogP contribution >= 0.6 is 24.0 Å². The van der Waals surface area contributed by atoms with E-state index in [-0.39, 0.29) is 30.0 Å². The number of carbonyl (C=O) groups excluding carboxylic acids is 1. The molecule has 4 rings (SSSR count). The molecule has 0 saturated carbocycles. The fourth-order valence-electron chi connectivity index (χ4n) is 3.75. The Kier molecular flexibility index (Phi) is 7.13. The third-order valence-electron chi connectivity index (χ3n) is 5.28. The van der Waals surface area contributed by atoms with E-state index < -0.39 is 0 Å². The Morgan fingerprint density at radius 3 is 2.73 bits per heavy atom. The molecule has 1 aliphatic rings. The number of rotatable bonds is 4. The average Bonchev–Trinajstić information content (AvgIpc) is 3.17. The van der Waals surface area contributed by atoms with Gasteiger partial charge in [-0.25, -0.2) is 9.07 Å². The van der Waals surface area contributed by atoms with Gasteiger partial charge in [0.15, 0.2) is 0 Å². The number of hydrogen-bond acceptors (Lipinski definition) is 3. The van der Waals surface area contributed by atoms with Crippen LogP contribution in [0.4, 0.5) is 10.1 Å². The first kappa shape index (κ1) is 22.3. The van der Waals surface area contributed by atoms with E-state index in [0.717, 1.165) is 37.2 Å². The Morgan fingerprint density at radius 2 is 2.00 bits per heavy atom. The predicted molar refractivity (Wildman–Crippen MR) is 120 cm³/mol. The average molecular weight is 449 g/mol. The summed E-state index contributed by atoms with van der Waals surface area (Å²) in [4.78, 5) is 13.2. The van der Waals surface area contributed by atoms with Crippen molar-refractivity contribution in [3.05, 3.63) is 76.3 Å². The number of nitrogens with zero attached hydrogens (tertiary/aromatic N) is 2. The molecule has 158 valence electrons. The van der Waals surface area contributed by atoms with Gasteiger partial charge in [0.2, 0.25) is 0 Å². The van der Waals surface area contributed by atoms with Crippen LogP contribution in [0.2, 0.25) is 5.02 Å². The highest BCUT2D eigenvalue weighted by Crippen LogP contribution is 2.31. The molecule has 1 aromatic heterocycles. The summed E-state index contributed by atoms with van der Waals surface area (Å²) in [5, 5.41) is 11.3. The fourth-order valence-corrected chi connectivity index (χ4v) is 3.93. The molecule has 30 heavy (non-hydrogen) atoms. The first-order chi connectivity index (χ1) is 14.0. The van der Waals surface area contributed by atoms with Crippen LogP contribution in [0.25, 0.3) is 5.69 Å². The molecule has 8 heteroatoms. The van der Waals surface area contributed by atoms with Crippen LogP contribution in [0.15, 0.2) is 48.7 Å². The van der Waals surface area contributed by atoms with Gasteiger partial charge < -0.3 is 10.6 Å². The lowest BCUT2D eigenvalue weighted by molar-refractivity contribution is 0.102. The van der Waals surface area contributed by atoms with E-state index in [1.54, 1.807) is 35.1 Å². The Balaban J connectivity index is 0.00000256. The Morgan fingerprint density at radius 1 is 1.23 bits per heavy atom. The zero-order valence-corrected chi connectivity index (χ0v) is 18.1. The molecule has 1 aliphatic heterocycles. The third kappa shape index (κ3) is 4.67. The molecule has 0 atom stereocenters. The molecule has 0 bridgehead atoms. The quantitative estimate of drug-likeness (QED) is 0.582. The number of halogens is 3. The number of amides is 1. The van der Waals surface area contributed by atoms with Gasteiger partial charge in [-0.3, -0.25) is 4.79 Å². The van der Waals surface area contributed by atoms with Crippen molar-refractivity contribution < 1.29 is 9.18 Å². The van der Waals surface area contributed by atoms with Gasteiger partial charge in [-0.15, -0.1) is 12.4 Å². The second-order valence-electron chi connectivity index (χ2n) is 7.27. The number of aryl methyl sites for hydroxylation is 1. The largest absolute Gasteiger partial charge is 0.322 e. The van der Waals surface area contributed by atoms with Gasteiger partial charge in [-0.1, -0.05) is 23.7 Å². The van der Waals surface area contributed by atoms with E-state index >= 15 is 0 Å². The van der Waals surface area contributed by atoms with Gasteiger partial charge in [0.25, 0.3) is 5.91 Å². The number of hydrogen-bond donors (Lipinski definition) is 2. The van der Waals surface area contributed by atoms with Crippen LogP contribution in [-0.4, -0.2) is 28.8 Å². The second kappa shape index (κ2) is 9.60. The number of carbonyl (C=O) groups is 1. The van der Waals surface area contributed by atoms with E-state index in [0.29, 0.717) is 22.0 Å².